The zero-order valence-corrected chi connectivity index (χ0v) is 8.28. The summed E-state index contributed by atoms with van der Waals surface area (Å²) < 4.78 is 44.3. The summed E-state index contributed by atoms with van der Waals surface area (Å²) in [4.78, 5) is 10.3. The highest BCUT2D eigenvalue weighted by atomic mass is 19.3. The number of hydrogen-bond acceptors (Lipinski definition) is 2. The van der Waals surface area contributed by atoms with E-state index < -0.39 is 23.3 Å². The highest BCUT2D eigenvalue weighted by Gasteiger charge is 2.63. The normalized spacial score (nSPS) is 15.5. The van der Waals surface area contributed by atoms with Crippen molar-refractivity contribution in [1.82, 2.24) is 0 Å². The summed E-state index contributed by atoms with van der Waals surface area (Å²) in [6, 6.07) is 6.15. The lowest BCUT2D eigenvalue weighted by Gasteiger charge is -2.29. The number of carbonyl (C=O) groups is 1. The maximum Gasteiger partial charge on any atom is 0.404 e. The fraction of sp³-hybridized carbons (Fsp3) is 0.300. The van der Waals surface area contributed by atoms with E-state index in [1.54, 1.807) is 0 Å². The minimum atomic E-state index is -4.66. The van der Waals surface area contributed by atoms with E-state index in [1.165, 1.54) is 18.2 Å². The van der Waals surface area contributed by atoms with Crippen molar-refractivity contribution in [2.45, 2.75) is 11.8 Å². The van der Waals surface area contributed by atoms with Crippen LogP contribution in [0.15, 0.2) is 30.3 Å². The fourth-order valence-corrected chi connectivity index (χ4v) is 1.22. The average molecular weight is 234 g/mol. The van der Waals surface area contributed by atoms with E-state index in [4.69, 9.17) is 5.11 Å². The lowest BCUT2D eigenvalue weighted by Crippen LogP contribution is -2.49. The molecule has 88 valence electrons. The number of alkyl halides is 3. The molecule has 0 aliphatic carbocycles. The van der Waals surface area contributed by atoms with Crippen LogP contribution in [-0.2, 0) is 15.4 Å². The van der Waals surface area contributed by atoms with E-state index in [1.807, 2.05) is 0 Å². The summed E-state index contributed by atoms with van der Waals surface area (Å²) in [6.45, 7) is 0. The van der Waals surface area contributed by atoms with Crippen molar-refractivity contribution in [3.8, 4) is 0 Å². The molecule has 1 unspecified atom stereocenters. The van der Waals surface area contributed by atoms with Gasteiger partial charge >= 0.3 is 17.7 Å². The van der Waals surface area contributed by atoms with E-state index >= 15 is 0 Å². The first-order valence-corrected chi connectivity index (χ1v) is 4.27. The van der Waals surface area contributed by atoms with Gasteiger partial charge in [-0.15, -0.1) is 0 Å². The van der Waals surface area contributed by atoms with Crippen LogP contribution in [0.2, 0.25) is 0 Å². The molecule has 0 saturated heterocycles. The minimum absolute atomic E-state index is 0.551. The molecule has 3 nitrogen and oxygen atoms in total. The third kappa shape index (κ3) is 1.76. The lowest BCUT2D eigenvalue weighted by molar-refractivity contribution is -0.273. The maximum absolute atomic E-state index is 13.9. The first kappa shape index (κ1) is 12.5. The van der Waals surface area contributed by atoms with Gasteiger partial charge in [-0.2, -0.15) is 13.2 Å². The van der Waals surface area contributed by atoms with Crippen LogP contribution < -0.4 is 0 Å². The fourth-order valence-electron chi connectivity index (χ4n) is 1.22. The number of carboxylic acid groups (broad SMARTS) is 1. The van der Waals surface area contributed by atoms with E-state index in [9.17, 15) is 18.0 Å². The molecule has 0 aliphatic heterocycles. The second-order valence-electron chi connectivity index (χ2n) is 3.04. The summed E-state index contributed by atoms with van der Waals surface area (Å²) in [5.74, 6) is -10.9. The van der Waals surface area contributed by atoms with E-state index in [2.05, 4.69) is 4.74 Å². The van der Waals surface area contributed by atoms with E-state index in [-0.39, 0.29) is 0 Å². The molecule has 1 aromatic carbocycles. The Morgan fingerprint density at radius 3 is 2.12 bits per heavy atom. The summed E-state index contributed by atoms with van der Waals surface area (Å²) in [7, 11) is 0.684. The molecule has 1 aromatic rings. The summed E-state index contributed by atoms with van der Waals surface area (Å²) in [6.07, 6.45) is 0. The SMILES string of the molecule is COC(F)(c1ccccc1)C(F)(F)C(=O)O. The molecule has 1 atom stereocenters. The van der Waals surface area contributed by atoms with Crippen LogP contribution in [0.3, 0.4) is 0 Å². The Labute approximate surface area is 89.5 Å². The largest absolute Gasteiger partial charge is 0.477 e. The lowest BCUT2D eigenvalue weighted by atomic mass is 10.0. The number of aliphatic carboxylic acids is 1. The van der Waals surface area contributed by atoms with E-state index in [0.717, 1.165) is 12.1 Å². The van der Waals surface area contributed by atoms with Gasteiger partial charge in [0.1, 0.15) is 0 Å². The quantitative estimate of drug-likeness (QED) is 0.868. The van der Waals surface area contributed by atoms with Gasteiger partial charge in [-0.05, 0) is 0 Å². The van der Waals surface area contributed by atoms with Crippen molar-refractivity contribution in [3.05, 3.63) is 35.9 Å². The van der Waals surface area contributed by atoms with Gasteiger partial charge in [0.25, 0.3) is 0 Å². The first-order valence-electron chi connectivity index (χ1n) is 4.27. The summed E-state index contributed by atoms with van der Waals surface area (Å²) >= 11 is 0. The molecule has 0 aliphatic rings. The van der Waals surface area contributed by atoms with Crippen LogP contribution in [0.4, 0.5) is 13.2 Å². The van der Waals surface area contributed by atoms with Crippen LogP contribution in [0.25, 0.3) is 0 Å². The van der Waals surface area contributed by atoms with Gasteiger partial charge in [-0.1, -0.05) is 30.3 Å². The van der Waals surface area contributed by atoms with Gasteiger partial charge < -0.3 is 9.84 Å². The van der Waals surface area contributed by atoms with Crippen molar-refractivity contribution >= 4 is 5.97 Å². The topological polar surface area (TPSA) is 46.5 Å². The Balaban J connectivity index is 3.28. The zero-order valence-electron chi connectivity index (χ0n) is 8.28. The molecule has 1 rings (SSSR count). The Morgan fingerprint density at radius 1 is 1.25 bits per heavy atom. The molecule has 16 heavy (non-hydrogen) atoms. The molecule has 0 bridgehead atoms. The molecule has 0 spiro atoms. The maximum atomic E-state index is 13.9. The smallest absolute Gasteiger partial charge is 0.404 e. The van der Waals surface area contributed by atoms with Crippen LogP contribution in [0, 0.1) is 0 Å². The molecule has 0 amide bonds. The third-order valence-corrected chi connectivity index (χ3v) is 2.10. The Hall–Kier alpha value is -1.56. The van der Waals surface area contributed by atoms with Gasteiger partial charge in [0.05, 0.1) is 0 Å². The summed E-state index contributed by atoms with van der Waals surface area (Å²) in [5, 5.41) is 8.30. The third-order valence-electron chi connectivity index (χ3n) is 2.10. The highest BCUT2D eigenvalue weighted by Crippen LogP contribution is 2.42. The van der Waals surface area contributed by atoms with E-state index in [0.29, 0.717) is 7.11 Å². The molecular formula is C10H9F3O3. The second kappa shape index (κ2) is 4.13. The number of halogens is 3. The first-order chi connectivity index (χ1) is 7.36. The molecular weight excluding hydrogens is 225 g/mol. The molecule has 1 N–H and O–H groups in total. The number of carboxylic acids is 1. The number of ether oxygens (including phenoxy) is 1. The van der Waals surface area contributed by atoms with Crippen LogP contribution in [-0.4, -0.2) is 24.1 Å². The average Bonchev–Trinajstić information content (AvgIpc) is 2.28. The van der Waals surface area contributed by atoms with Crippen molar-refractivity contribution in [2.24, 2.45) is 0 Å². The van der Waals surface area contributed by atoms with Crippen LogP contribution in [0.5, 0.6) is 0 Å². The van der Waals surface area contributed by atoms with Crippen LogP contribution >= 0.6 is 0 Å². The Kier molecular flexibility index (Phi) is 3.23. The van der Waals surface area contributed by atoms with Crippen molar-refractivity contribution in [1.29, 1.82) is 0 Å². The van der Waals surface area contributed by atoms with Crippen molar-refractivity contribution < 1.29 is 27.8 Å². The zero-order chi connectivity index (χ0) is 12.4. The Morgan fingerprint density at radius 2 is 1.75 bits per heavy atom. The predicted octanol–water partition coefficient (Wildman–Crippen LogP) is 2.18. The second-order valence-corrected chi connectivity index (χ2v) is 3.04. The molecule has 0 fully saturated rings. The number of methoxy groups -OCH3 is 1. The number of hydrogen-bond donors (Lipinski definition) is 1. The number of benzene rings is 1. The molecule has 0 saturated carbocycles. The molecule has 0 radical (unpaired) electrons. The predicted molar refractivity (Wildman–Crippen MR) is 48.8 cm³/mol. The van der Waals surface area contributed by atoms with Crippen molar-refractivity contribution in [2.75, 3.05) is 7.11 Å². The summed E-state index contributed by atoms with van der Waals surface area (Å²) in [5.41, 5.74) is -0.551. The monoisotopic (exact) mass is 234 g/mol. The van der Waals surface area contributed by atoms with Crippen LogP contribution in [0.1, 0.15) is 5.56 Å². The molecule has 6 heteroatoms. The highest BCUT2D eigenvalue weighted by molar-refractivity contribution is 5.77. The minimum Gasteiger partial charge on any atom is -0.477 e. The molecule has 0 heterocycles. The van der Waals surface area contributed by atoms with Gasteiger partial charge in [0, 0.05) is 12.7 Å². The van der Waals surface area contributed by atoms with Crippen molar-refractivity contribution in [3.63, 3.8) is 0 Å². The van der Waals surface area contributed by atoms with Gasteiger partial charge in [0.15, 0.2) is 0 Å². The number of rotatable bonds is 4. The molecule has 0 aromatic heterocycles. The van der Waals surface area contributed by atoms with Gasteiger partial charge in [-0.25, -0.2) is 4.79 Å². The Bertz CT molecular complexity index is 380. The van der Waals surface area contributed by atoms with Gasteiger partial charge in [0.2, 0.25) is 0 Å². The standard InChI is InChI=1S/C10H9F3O3/c1-16-10(13,9(11,12)8(14)15)7-5-3-2-4-6-7/h2-6H,1H3,(H,14,15). The van der Waals surface area contributed by atoms with Gasteiger partial charge in [-0.3, -0.25) is 0 Å².